The maximum absolute atomic E-state index is 14.1. The number of carbonyl (C=O) groups is 1. The fraction of sp³-hybridized carbons (Fsp3) is 0.316. The number of aryl methyl sites for hydroxylation is 1. The Morgan fingerprint density at radius 2 is 2.19 bits per heavy atom. The molecule has 1 aliphatic carbocycles. The van der Waals surface area contributed by atoms with E-state index in [1.165, 1.54) is 0 Å². The van der Waals surface area contributed by atoms with E-state index < -0.39 is 5.97 Å². The molecule has 4 heterocycles. The van der Waals surface area contributed by atoms with Crippen molar-refractivity contribution in [3.05, 3.63) is 57.3 Å². The van der Waals surface area contributed by atoms with Gasteiger partial charge >= 0.3 is 5.97 Å². The van der Waals surface area contributed by atoms with E-state index in [1.807, 2.05) is 13.1 Å². The molecular weight excluding hydrogens is 415 g/mol. The number of nitrogens with zero attached hydrogens (tertiary/aromatic N) is 4. The lowest BCUT2D eigenvalue weighted by molar-refractivity contribution is 0.0689. The van der Waals surface area contributed by atoms with Crippen molar-refractivity contribution in [3.8, 4) is 11.4 Å². The van der Waals surface area contributed by atoms with Crippen molar-refractivity contribution < 1.29 is 14.3 Å². The number of hydrogen-bond acceptors (Lipinski definition) is 3. The van der Waals surface area contributed by atoms with Gasteiger partial charge < -0.3 is 9.67 Å². The van der Waals surface area contributed by atoms with Crippen molar-refractivity contribution in [2.75, 3.05) is 0 Å². The second-order valence-corrected chi connectivity index (χ2v) is 8.06. The first-order valence-corrected chi connectivity index (χ1v) is 9.54. The van der Waals surface area contributed by atoms with Gasteiger partial charge in [0.25, 0.3) is 0 Å². The van der Waals surface area contributed by atoms with Crippen LogP contribution >= 0.6 is 15.9 Å². The van der Waals surface area contributed by atoms with Gasteiger partial charge in [-0.1, -0.05) is 0 Å². The lowest BCUT2D eigenvalue weighted by Gasteiger charge is -2.35. The van der Waals surface area contributed by atoms with Crippen molar-refractivity contribution in [2.24, 2.45) is 7.05 Å². The summed E-state index contributed by atoms with van der Waals surface area (Å²) in [6.07, 6.45) is 3.87. The van der Waals surface area contributed by atoms with Gasteiger partial charge in [0, 0.05) is 37.0 Å². The molecule has 2 aliphatic heterocycles. The summed E-state index contributed by atoms with van der Waals surface area (Å²) in [7, 11) is 1.84. The molecule has 1 N–H and O–H groups in total. The molecule has 6 nitrogen and oxygen atoms in total. The van der Waals surface area contributed by atoms with Gasteiger partial charge in [-0.2, -0.15) is 5.10 Å². The minimum atomic E-state index is -1.05. The Kier molecular flexibility index (Phi) is 3.56. The molecule has 0 amide bonds. The molecule has 1 fully saturated rings. The normalized spacial score (nSPS) is 19.8. The summed E-state index contributed by atoms with van der Waals surface area (Å²) in [6.45, 7) is 0. The van der Waals surface area contributed by atoms with Crippen LogP contribution < -0.4 is 0 Å². The maximum Gasteiger partial charge on any atom is 0.356 e. The molecule has 0 atom stereocenters. The smallest absolute Gasteiger partial charge is 0.356 e. The minimum absolute atomic E-state index is 0.0583. The van der Waals surface area contributed by atoms with Crippen molar-refractivity contribution in [3.63, 3.8) is 0 Å². The van der Waals surface area contributed by atoms with Gasteiger partial charge in [0.2, 0.25) is 0 Å². The van der Waals surface area contributed by atoms with Gasteiger partial charge in [0.05, 0.1) is 10.2 Å². The van der Waals surface area contributed by atoms with Crippen LogP contribution in [0.25, 0.3) is 11.4 Å². The number of imidazole rings is 1. The third kappa shape index (κ3) is 2.39. The van der Waals surface area contributed by atoms with Crippen molar-refractivity contribution in [1.29, 1.82) is 0 Å². The highest BCUT2D eigenvalue weighted by Crippen LogP contribution is 2.53. The Labute approximate surface area is 162 Å². The molecule has 2 bridgehead atoms. The molecule has 0 unspecified atom stereocenters. The average molecular weight is 431 g/mol. The summed E-state index contributed by atoms with van der Waals surface area (Å²) in [5.74, 6) is -0.450. The third-order valence-corrected chi connectivity index (χ3v) is 6.34. The predicted octanol–water partition coefficient (Wildman–Crippen LogP) is 3.91. The highest BCUT2D eigenvalue weighted by molar-refractivity contribution is 9.10. The molecule has 0 spiro atoms. The largest absolute Gasteiger partial charge is 0.476 e. The Bertz CT molecular complexity index is 1100. The van der Waals surface area contributed by atoms with Crippen LogP contribution in [0, 0.1) is 5.82 Å². The molecule has 6 rings (SSSR count). The highest BCUT2D eigenvalue weighted by Gasteiger charge is 2.41. The zero-order chi connectivity index (χ0) is 18.9. The fourth-order valence-corrected chi connectivity index (χ4v) is 4.63. The number of rotatable bonds is 3. The summed E-state index contributed by atoms with van der Waals surface area (Å²) in [5, 5.41) is 13.9. The van der Waals surface area contributed by atoms with Gasteiger partial charge in [-0.15, -0.1) is 0 Å². The zero-order valence-electron chi connectivity index (χ0n) is 14.5. The van der Waals surface area contributed by atoms with E-state index in [1.54, 1.807) is 23.0 Å². The Morgan fingerprint density at radius 3 is 2.85 bits per heavy atom. The minimum Gasteiger partial charge on any atom is -0.476 e. The van der Waals surface area contributed by atoms with Crippen LogP contribution in [0.3, 0.4) is 0 Å². The van der Waals surface area contributed by atoms with E-state index in [2.05, 4.69) is 30.6 Å². The summed E-state index contributed by atoms with van der Waals surface area (Å²) >= 11 is 3.26. The van der Waals surface area contributed by atoms with Gasteiger partial charge in [-0.05, 0) is 58.5 Å². The van der Waals surface area contributed by atoms with Crippen LogP contribution in [0.2, 0.25) is 0 Å². The number of carboxylic acids is 1. The third-order valence-electron chi connectivity index (χ3n) is 5.74. The van der Waals surface area contributed by atoms with Crippen molar-refractivity contribution in [1.82, 2.24) is 19.3 Å². The summed E-state index contributed by atoms with van der Waals surface area (Å²) in [4.78, 5) is 16.4. The first-order chi connectivity index (χ1) is 12.9. The second kappa shape index (κ2) is 5.76. The molecule has 138 valence electrons. The fourth-order valence-electron chi connectivity index (χ4n) is 4.28. The molecule has 1 saturated carbocycles. The molecule has 2 aromatic heterocycles. The topological polar surface area (TPSA) is 72.9 Å². The predicted molar refractivity (Wildman–Crippen MR) is 99.3 cm³/mol. The number of aromatic carboxylic acids is 1. The van der Waals surface area contributed by atoms with Crippen LogP contribution in [0.1, 0.15) is 52.2 Å². The van der Waals surface area contributed by atoms with Crippen LogP contribution in [-0.2, 0) is 13.5 Å². The molecule has 0 radical (unpaired) electrons. The lowest BCUT2D eigenvalue weighted by Crippen LogP contribution is -2.25. The van der Waals surface area contributed by atoms with Crippen LogP contribution in [0.5, 0.6) is 0 Å². The van der Waals surface area contributed by atoms with E-state index in [9.17, 15) is 14.3 Å². The van der Waals surface area contributed by atoms with Gasteiger partial charge in [-0.3, -0.25) is 4.68 Å². The number of hydrogen-bond donors (Lipinski definition) is 1. The number of carboxylic acid groups (broad SMARTS) is 1. The van der Waals surface area contributed by atoms with E-state index in [0.717, 1.165) is 29.7 Å². The highest BCUT2D eigenvalue weighted by atomic mass is 79.9. The molecule has 1 aromatic carbocycles. The molecule has 0 saturated heterocycles. The zero-order valence-corrected chi connectivity index (χ0v) is 16.1. The molecule has 3 aromatic rings. The quantitative estimate of drug-likeness (QED) is 0.683. The average Bonchev–Trinajstić information content (AvgIpc) is 3.08. The maximum atomic E-state index is 14.1. The summed E-state index contributed by atoms with van der Waals surface area (Å²) in [5.41, 5.74) is 3.38. The van der Waals surface area contributed by atoms with Crippen molar-refractivity contribution in [2.45, 2.75) is 31.2 Å². The van der Waals surface area contributed by atoms with Crippen LogP contribution in [0.15, 0.2) is 28.9 Å². The first kappa shape index (κ1) is 16.7. The van der Waals surface area contributed by atoms with Crippen LogP contribution in [0.4, 0.5) is 4.39 Å². The molecule has 3 aliphatic rings. The Morgan fingerprint density at radius 1 is 1.41 bits per heavy atom. The van der Waals surface area contributed by atoms with Gasteiger partial charge in [-0.25, -0.2) is 14.2 Å². The van der Waals surface area contributed by atoms with E-state index in [4.69, 9.17) is 0 Å². The first-order valence-electron chi connectivity index (χ1n) is 8.74. The standard InChI is InChI=1S/C19H16BrFN4O2/c1-24-10(2-3-22-24)6-16-17(19(26)27)23-18-13-7-14(20)15(21)8-12(13)9-4-11(5-9)25(16)18/h2-3,7-9,11H,4-6H2,1H3,(H,26,27). The van der Waals surface area contributed by atoms with Crippen molar-refractivity contribution >= 4 is 21.9 Å². The van der Waals surface area contributed by atoms with Gasteiger partial charge in [0.15, 0.2) is 5.69 Å². The summed E-state index contributed by atoms with van der Waals surface area (Å²) in [6, 6.07) is 5.35. The Hall–Kier alpha value is -2.48. The Balaban J connectivity index is 1.76. The molecular formula is C19H16BrFN4O2. The molecule has 27 heavy (non-hydrogen) atoms. The monoisotopic (exact) mass is 430 g/mol. The number of aromatic nitrogens is 4. The van der Waals surface area contributed by atoms with E-state index >= 15 is 0 Å². The summed E-state index contributed by atoms with van der Waals surface area (Å²) < 4.78 is 18.3. The van der Waals surface area contributed by atoms with E-state index in [0.29, 0.717) is 22.4 Å². The number of benzene rings is 1. The lowest BCUT2D eigenvalue weighted by atomic mass is 9.75. The van der Waals surface area contributed by atoms with Crippen LogP contribution in [-0.4, -0.2) is 30.4 Å². The molecule has 8 heteroatoms. The SMILES string of the molecule is Cn1nccc1Cc1c(C(=O)O)nc2n1C1CC(C1)c1cc(F)c(Br)cc1-2. The van der Waals surface area contributed by atoms with E-state index in [-0.39, 0.29) is 23.5 Å². The number of halogens is 2. The van der Waals surface area contributed by atoms with Gasteiger partial charge in [0.1, 0.15) is 11.6 Å². The second-order valence-electron chi connectivity index (χ2n) is 7.20.